The molecule has 2 aromatic heterocycles. The monoisotopic (exact) mass is 323 g/mol. The van der Waals surface area contributed by atoms with E-state index in [0.717, 1.165) is 42.1 Å². The molecule has 0 saturated carbocycles. The maximum Gasteiger partial charge on any atom is 0.127 e. The number of hydrogen-bond donors (Lipinski definition) is 1. The fourth-order valence-electron chi connectivity index (χ4n) is 3.28. The van der Waals surface area contributed by atoms with E-state index in [0.29, 0.717) is 0 Å². The minimum absolute atomic E-state index is 0.227. The molecule has 1 aliphatic rings. The lowest BCUT2D eigenvalue weighted by Crippen LogP contribution is -2.14. The molecule has 24 heavy (non-hydrogen) atoms. The zero-order chi connectivity index (χ0) is 16.5. The smallest absolute Gasteiger partial charge is 0.127 e. The van der Waals surface area contributed by atoms with Crippen LogP contribution in [0.25, 0.3) is 5.52 Å². The Bertz CT molecular complexity index is 872. The predicted octanol–water partition coefficient (Wildman–Crippen LogP) is 2.96. The van der Waals surface area contributed by atoms with Crippen LogP contribution in [-0.2, 0) is 19.5 Å². The van der Waals surface area contributed by atoms with E-state index < -0.39 is 0 Å². The van der Waals surface area contributed by atoms with Gasteiger partial charge in [-0.15, -0.1) is 0 Å². The SMILES string of the molecule is COc1cc(CNCc2cnn3ccccc23)c2c(c1)CC(C)O2. The number of ether oxygens (including phenoxy) is 2. The molecule has 5 heteroatoms. The summed E-state index contributed by atoms with van der Waals surface area (Å²) in [6, 6.07) is 10.2. The predicted molar refractivity (Wildman–Crippen MR) is 92.5 cm³/mol. The highest BCUT2D eigenvalue weighted by Crippen LogP contribution is 2.36. The van der Waals surface area contributed by atoms with Gasteiger partial charge in [-0.05, 0) is 31.2 Å². The number of aromatic nitrogens is 2. The average Bonchev–Trinajstić information content (AvgIpc) is 3.17. The van der Waals surface area contributed by atoms with Gasteiger partial charge in [-0.25, -0.2) is 4.52 Å². The largest absolute Gasteiger partial charge is 0.497 e. The summed E-state index contributed by atoms with van der Waals surface area (Å²) in [5.41, 5.74) is 4.69. The lowest BCUT2D eigenvalue weighted by molar-refractivity contribution is 0.252. The zero-order valence-corrected chi connectivity index (χ0v) is 14.0. The lowest BCUT2D eigenvalue weighted by atomic mass is 10.1. The minimum Gasteiger partial charge on any atom is -0.497 e. The second-order valence-corrected chi connectivity index (χ2v) is 6.21. The Hall–Kier alpha value is -2.53. The zero-order valence-electron chi connectivity index (χ0n) is 14.0. The molecule has 0 amide bonds. The molecule has 1 N–H and O–H groups in total. The Balaban J connectivity index is 1.51. The molecule has 1 aromatic carbocycles. The second kappa shape index (κ2) is 6.17. The number of nitrogens with zero attached hydrogens (tertiary/aromatic N) is 2. The van der Waals surface area contributed by atoms with E-state index in [4.69, 9.17) is 9.47 Å². The van der Waals surface area contributed by atoms with E-state index in [-0.39, 0.29) is 6.10 Å². The summed E-state index contributed by atoms with van der Waals surface area (Å²) in [6.45, 7) is 3.59. The summed E-state index contributed by atoms with van der Waals surface area (Å²) >= 11 is 0. The van der Waals surface area contributed by atoms with Crippen molar-refractivity contribution < 1.29 is 9.47 Å². The lowest BCUT2D eigenvalue weighted by Gasteiger charge is -2.12. The Morgan fingerprint density at radius 3 is 3.04 bits per heavy atom. The Morgan fingerprint density at radius 1 is 1.29 bits per heavy atom. The first-order valence-corrected chi connectivity index (χ1v) is 8.23. The summed E-state index contributed by atoms with van der Waals surface area (Å²) < 4.78 is 13.3. The maximum atomic E-state index is 5.98. The number of rotatable bonds is 5. The van der Waals surface area contributed by atoms with Gasteiger partial charge in [0.05, 0.1) is 18.8 Å². The first-order valence-electron chi connectivity index (χ1n) is 8.23. The molecule has 0 aliphatic carbocycles. The van der Waals surface area contributed by atoms with E-state index >= 15 is 0 Å². The van der Waals surface area contributed by atoms with Crippen molar-refractivity contribution in [3.8, 4) is 11.5 Å². The van der Waals surface area contributed by atoms with Gasteiger partial charge in [0.25, 0.3) is 0 Å². The Kier molecular flexibility index (Phi) is 3.86. The van der Waals surface area contributed by atoms with Crippen LogP contribution >= 0.6 is 0 Å². The summed E-state index contributed by atoms with van der Waals surface area (Å²) in [6.07, 6.45) is 5.04. The normalized spacial score (nSPS) is 16.2. The fraction of sp³-hybridized carbons (Fsp3) is 0.316. The molecule has 3 aromatic rings. The summed E-state index contributed by atoms with van der Waals surface area (Å²) in [7, 11) is 1.71. The van der Waals surface area contributed by atoms with Crippen molar-refractivity contribution in [2.45, 2.75) is 32.5 Å². The van der Waals surface area contributed by atoms with Crippen molar-refractivity contribution in [1.82, 2.24) is 14.9 Å². The molecule has 0 radical (unpaired) electrons. The summed E-state index contributed by atoms with van der Waals surface area (Å²) in [5, 5.41) is 7.87. The van der Waals surface area contributed by atoms with Crippen LogP contribution in [0.15, 0.2) is 42.7 Å². The molecule has 3 heterocycles. The van der Waals surface area contributed by atoms with Gasteiger partial charge >= 0.3 is 0 Å². The Labute approximate surface area is 141 Å². The van der Waals surface area contributed by atoms with Gasteiger partial charge in [-0.2, -0.15) is 5.10 Å². The third kappa shape index (κ3) is 2.71. The van der Waals surface area contributed by atoms with Crippen LogP contribution in [0, 0.1) is 0 Å². The number of pyridine rings is 1. The van der Waals surface area contributed by atoms with Gasteiger partial charge in [-0.1, -0.05) is 6.07 Å². The molecular formula is C19H21N3O2. The summed E-state index contributed by atoms with van der Waals surface area (Å²) in [5.74, 6) is 1.90. The van der Waals surface area contributed by atoms with Crippen molar-refractivity contribution in [1.29, 1.82) is 0 Å². The molecule has 124 valence electrons. The number of fused-ring (bicyclic) bond motifs is 2. The van der Waals surface area contributed by atoms with Gasteiger partial charge in [0.15, 0.2) is 0 Å². The highest BCUT2D eigenvalue weighted by Gasteiger charge is 2.23. The van der Waals surface area contributed by atoms with E-state index in [9.17, 15) is 0 Å². The molecule has 0 bridgehead atoms. The summed E-state index contributed by atoms with van der Waals surface area (Å²) in [4.78, 5) is 0. The highest BCUT2D eigenvalue weighted by molar-refractivity contribution is 5.53. The van der Waals surface area contributed by atoms with Gasteiger partial charge in [0.2, 0.25) is 0 Å². The highest BCUT2D eigenvalue weighted by atomic mass is 16.5. The second-order valence-electron chi connectivity index (χ2n) is 6.21. The van der Waals surface area contributed by atoms with Crippen LogP contribution in [0.5, 0.6) is 11.5 Å². The van der Waals surface area contributed by atoms with Gasteiger partial charge in [0.1, 0.15) is 17.6 Å². The van der Waals surface area contributed by atoms with Crippen LogP contribution in [-0.4, -0.2) is 22.8 Å². The quantitative estimate of drug-likeness (QED) is 0.784. The van der Waals surface area contributed by atoms with E-state index in [1.807, 2.05) is 29.0 Å². The van der Waals surface area contributed by atoms with Gasteiger partial charge < -0.3 is 14.8 Å². The molecule has 0 spiro atoms. The van der Waals surface area contributed by atoms with E-state index in [1.165, 1.54) is 11.1 Å². The van der Waals surface area contributed by atoms with Crippen molar-refractivity contribution in [2.24, 2.45) is 0 Å². The molecular weight excluding hydrogens is 302 g/mol. The van der Waals surface area contributed by atoms with E-state index in [2.05, 4.69) is 35.5 Å². The molecule has 0 saturated heterocycles. The van der Waals surface area contributed by atoms with Crippen molar-refractivity contribution in [3.63, 3.8) is 0 Å². The third-order valence-corrected chi connectivity index (χ3v) is 4.42. The Morgan fingerprint density at radius 2 is 2.17 bits per heavy atom. The average molecular weight is 323 g/mol. The molecule has 5 nitrogen and oxygen atoms in total. The number of nitrogens with one attached hydrogen (secondary N) is 1. The van der Waals surface area contributed by atoms with Crippen LogP contribution in [0.2, 0.25) is 0 Å². The van der Waals surface area contributed by atoms with Gasteiger partial charge in [-0.3, -0.25) is 0 Å². The molecule has 1 unspecified atom stereocenters. The maximum absolute atomic E-state index is 5.98. The molecule has 0 fully saturated rings. The number of hydrogen-bond acceptors (Lipinski definition) is 4. The van der Waals surface area contributed by atoms with Crippen LogP contribution in [0.4, 0.5) is 0 Å². The van der Waals surface area contributed by atoms with Crippen LogP contribution in [0.3, 0.4) is 0 Å². The van der Waals surface area contributed by atoms with Crippen LogP contribution < -0.4 is 14.8 Å². The van der Waals surface area contributed by atoms with E-state index in [1.54, 1.807) is 7.11 Å². The standard InChI is InChI=1S/C19H21N3O2/c1-13-7-14-8-17(23-2)9-15(19(14)24-13)10-20-11-16-12-21-22-6-4-3-5-18(16)22/h3-6,8-9,12-13,20H,7,10-11H2,1-2H3. The topological polar surface area (TPSA) is 47.8 Å². The molecule has 4 rings (SSSR count). The fourth-order valence-corrected chi connectivity index (χ4v) is 3.28. The van der Waals surface area contributed by atoms with Crippen molar-refractivity contribution in [3.05, 3.63) is 59.4 Å². The van der Waals surface area contributed by atoms with Crippen molar-refractivity contribution in [2.75, 3.05) is 7.11 Å². The molecule has 1 atom stereocenters. The first-order chi connectivity index (χ1) is 11.7. The number of benzene rings is 1. The third-order valence-electron chi connectivity index (χ3n) is 4.42. The first kappa shape index (κ1) is 15.0. The van der Waals surface area contributed by atoms with Gasteiger partial charge in [0, 0.05) is 42.4 Å². The molecule has 1 aliphatic heterocycles. The number of methoxy groups -OCH3 is 1. The minimum atomic E-state index is 0.227. The van der Waals surface area contributed by atoms with Crippen LogP contribution in [0.1, 0.15) is 23.6 Å². The van der Waals surface area contributed by atoms with Crippen molar-refractivity contribution >= 4 is 5.52 Å².